The summed E-state index contributed by atoms with van der Waals surface area (Å²) in [5.41, 5.74) is 3.16. The fourth-order valence-corrected chi connectivity index (χ4v) is 2.70. The van der Waals surface area contributed by atoms with Crippen LogP contribution in [0.3, 0.4) is 0 Å². The molecule has 0 aliphatic rings. The smallest absolute Gasteiger partial charge is 0.174 e. The maximum Gasteiger partial charge on any atom is 0.174 e. The van der Waals surface area contributed by atoms with E-state index in [2.05, 4.69) is 35.1 Å². The average molecular weight is 329 g/mol. The lowest BCUT2D eigenvalue weighted by molar-refractivity contribution is 0.164. The van der Waals surface area contributed by atoms with Crippen molar-refractivity contribution in [2.45, 2.75) is 19.9 Å². The van der Waals surface area contributed by atoms with Crippen LogP contribution in [0, 0.1) is 6.92 Å². The van der Waals surface area contributed by atoms with Gasteiger partial charge in [-0.1, -0.05) is 24.3 Å². The summed E-state index contributed by atoms with van der Waals surface area (Å²) < 4.78 is 5.23. The first-order valence-corrected chi connectivity index (χ1v) is 8.07. The number of thiocarbonyl (C=S) groups is 1. The number of pyridine rings is 1. The van der Waals surface area contributed by atoms with E-state index in [0.29, 0.717) is 18.3 Å². The molecular weight excluding hydrogens is 306 g/mol. The molecular formula is C18H23N3OS. The fourth-order valence-electron chi connectivity index (χ4n) is 2.34. The molecule has 0 spiro atoms. The van der Waals surface area contributed by atoms with E-state index >= 15 is 0 Å². The van der Waals surface area contributed by atoms with Gasteiger partial charge in [0.15, 0.2) is 5.11 Å². The van der Waals surface area contributed by atoms with Crippen LogP contribution in [0.25, 0.3) is 0 Å². The van der Waals surface area contributed by atoms with Gasteiger partial charge in [0.05, 0.1) is 18.3 Å². The molecule has 1 atom stereocenters. The molecule has 2 rings (SSSR count). The molecule has 23 heavy (non-hydrogen) atoms. The first-order valence-electron chi connectivity index (χ1n) is 7.66. The number of para-hydroxylation sites is 1. The molecule has 1 heterocycles. The minimum atomic E-state index is 0.0652. The third-order valence-corrected chi connectivity index (χ3v) is 4.10. The Morgan fingerprint density at radius 3 is 2.65 bits per heavy atom. The predicted molar refractivity (Wildman–Crippen MR) is 98.6 cm³/mol. The Balaban J connectivity index is 2.17. The van der Waals surface area contributed by atoms with Crippen LogP contribution < -0.4 is 5.32 Å². The lowest BCUT2D eigenvalue weighted by Gasteiger charge is -2.31. The summed E-state index contributed by atoms with van der Waals surface area (Å²) in [5.74, 6) is 0. The molecule has 0 unspecified atom stereocenters. The Morgan fingerprint density at radius 2 is 2.00 bits per heavy atom. The van der Waals surface area contributed by atoms with E-state index in [1.165, 1.54) is 0 Å². The Kier molecular flexibility index (Phi) is 6.50. The quantitative estimate of drug-likeness (QED) is 0.816. The average Bonchev–Trinajstić information content (AvgIpc) is 2.58. The maximum absolute atomic E-state index is 5.64. The van der Waals surface area contributed by atoms with Crippen LogP contribution >= 0.6 is 12.2 Å². The second-order valence-corrected chi connectivity index (χ2v) is 5.75. The summed E-state index contributed by atoms with van der Waals surface area (Å²) in [6, 6.07) is 14.1. The highest BCUT2D eigenvalue weighted by atomic mass is 32.1. The van der Waals surface area contributed by atoms with E-state index in [0.717, 1.165) is 16.9 Å². The number of anilines is 1. The number of rotatable bonds is 6. The highest BCUT2D eigenvalue weighted by molar-refractivity contribution is 7.80. The predicted octanol–water partition coefficient (Wildman–Crippen LogP) is 3.80. The van der Waals surface area contributed by atoms with Gasteiger partial charge >= 0.3 is 0 Å². The van der Waals surface area contributed by atoms with E-state index in [1.807, 2.05) is 36.4 Å². The van der Waals surface area contributed by atoms with Gasteiger partial charge in [-0.05, 0) is 49.8 Å². The standard InChI is InChI=1S/C18H23N3OS/c1-14-8-4-5-9-16(14)20-18(23)21(12-13-22-3)15(2)17-10-6-7-11-19-17/h4-11,15H,12-13H2,1-3H3,(H,20,23)/t15-/m0/s1. The molecule has 1 aromatic heterocycles. The molecule has 0 amide bonds. The van der Waals surface area contributed by atoms with E-state index in [9.17, 15) is 0 Å². The van der Waals surface area contributed by atoms with Crippen molar-refractivity contribution in [2.75, 3.05) is 25.6 Å². The number of benzene rings is 1. The maximum atomic E-state index is 5.64. The number of nitrogens with one attached hydrogen (secondary N) is 1. The zero-order valence-corrected chi connectivity index (χ0v) is 14.6. The van der Waals surface area contributed by atoms with E-state index in [1.54, 1.807) is 13.3 Å². The third kappa shape index (κ3) is 4.74. The van der Waals surface area contributed by atoms with Gasteiger partial charge in [0.2, 0.25) is 0 Å². The highest BCUT2D eigenvalue weighted by Gasteiger charge is 2.19. The van der Waals surface area contributed by atoms with E-state index in [4.69, 9.17) is 17.0 Å². The number of aryl methyl sites for hydroxylation is 1. The summed E-state index contributed by atoms with van der Waals surface area (Å²) >= 11 is 5.64. The number of aromatic nitrogens is 1. The van der Waals surface area contributed by atoms with E-state index in [-0.39, 0.29) is 6.04 Å². The number of ether oxygens (including phenoxy) is 1. The molecule has 0 radical (unpaired) electrons. The fraction of sp³-hybridized carbons (Fsp3) is 0.333. The summed E-state index contributed by atoms with van der Waals surface area (Å²) in [7, 11) is 1.70. The van der Waals surface area contributed by atoms with Gasteiger partial charge < -0.3 is 15.0 Å². The summed E-state index contributed by atoms with van der Waals surface area (Å²) in [6.45, 7) is 5.47. The summed E-state index contributed by atoms with van der Waals surface area (Å²) in [5, 5.41) is 4.02. The van der Waals surface area contributed by atoms with Crippen molar-refractivity contribution in [3.63, 3.8) is 0 Å². The van der Waals surface area contributed by atoms with Crippen molar-refractivity contribution in [3.05, 3.63) is 59.9 Å². The van der Waals surface area contributed by atoms with Crippen molar-refractivity contribution in [3.8, 4) is 0 Å². The number of methoxy groups -OCH3 is 1. The van der Waals surface area contributed by atoms with Gasteiger partial charge in [0.1, 0.15) is 0 Å². The van der Waals surface area contributed by atoms with Crippen LogP contribution in [0.2, 0.25) is 0 Å². The molecule has 0 bridgehead atoms. The third-order valence-electron chi connectivity index (χ3n) is 3.77. The van der Waals surface area contributed by atoms with Crippen LogP contribution in [0.4, 0.5) is 5.69 Å². The summed E-state index contributed by atoms with van der Waals surface area (Å²) in [6.07, 6.45) is 1.80. The monoisotopic (exact) mass is 329 g/mol. The molecule has 0 fully saturated rings. The molecule has 0 saturated carbocycles. The van der Waals surface area contributed by atoms with Crippen LogP contribution in [0.5, 0.6) is 0 Å². The topological polar surface area (TPSA) is 37.4 Å². The molecule has 0 aliphatic heterocycles. The Morgan fingerprint density at radius 1 is 1.26 bits per heavy atom. The van der Waals surface area contributed by atoms with Crippen molar-refractivity contribution in [1.82, 2.24) is 9.88 Å². The minimum Gasteiger partial charge on any atom is -0.383 e. The highest BCUT2D eigenvalue weighted by Crippen LogP contribution is 2.20. The van der Waals surface area contributed by atoms with Gasteiger partial charge in [-0.15, -0.1) is 0 Å². The van der Waals surface area contributed by atoms with Gasteiger partial charge in [0.25, 0.3) is 0 Å². The second kappa shape index (κ2) is 8.60. The van der Waals surface area contributed by atoms with Gasteiger partial charge in [-0.2, -0.15) is 0 Å². The molecule has 122 valence electrons. The van der Waals surface area contributed by atoms with Crippen molar-refractivity contribution < 1.29 is 4.74 Å². The number of hydrogen-bond donors (Lipinski definition) is 1. The van der Waals surface area contributed by atoms with Crippen LogP contribution in [0.15, 0.2) is 48.7 Å². The Hall–Kier alpha value is -1.98. The number of nitrogens with zero attached hydrogens (tertiary/aromatic N) is 2. The van der Waals surface area contributed by atoms with Gasteiger partial charge in [0, 0.05) is 25.5 Å². The first-order chi connectivity index (χ1) is 11.1. The van der Waals surface area contributed by atoms with Crippen LogP contribution in [-0.2, 0) is 4.74 Å². The van der Waals surface area contributed by atoms with Crippen molar-refractivity contribution in [2.24, 2.45) is 0 Å². The van der Waals surface area contributed by atoms with Crippen LogP contribution in [0.1, 0.15) is 24.2 Å². The molecule has 2 aromatic rings. The molecule has 5 heteroatoms. The zero-order valence-electron chi connectivity index (χ0n) is 13.8. The Labute approximate surface area is 143 Å². The Bertz CT molecular complexity index is 633. The SMILES string of the molecule is COCCN(C(=S)Nc1ccccc1C)[C@@H](C)c1ccccn1. The van der Waals surface area contributed by atoms with Gasteiger partial charge in [-0.25, -0.2) is 0 Å². The van der Waals surface area contributed by atoms with Crippen molar-refractivity contribution >= 4 is 23.0 Å². The van der Waals surface area contributed by atoms with Crippen molar-refractivity contribution in [1.29, 1.82) is 0 Å². The van der Waals surface area contributed by atoms with E-state index < -0.39 is 0 Å². The van der Waals surface area contributed by atoms with Crippen LogP contribution in [-0.4, -0.2) is 35.3 Å². The largest absolute Gasteiger partial charge is 0.383 e. The molecule has 0 saturated heterocycles. The number of hydrogen-bond acceptors (Lipinski definition) is 3. The zero-order chi connectivity index (χ0) is 16.7. The lowest BCUT2D eigenvalue weighted by Crippen LogP contribution is -2.39. The first kappa shape index (κ1) is 17.4. The summed E-state index contributed by atoms with van der Waals surface area (Å²) in [4.78, 5) is 6.55. The normalized spacial score (nSPS) is 11.8. The minimum absolute atomic E-state index is 0.0652. The molecule has 4 nitrogen and oxygen atoms in total. The molecule has 1 aromatic carbocycles. The molecule has 1 N–H and O–H groups in total. The molecule has 0 aliphatic carbocycles. The lowest BCUT2D eigenvalue weighted by atomic mass is 10.2. The second-order valence-electron chi connectivity index (χ2n) is 5.36. The van der Waals surface area contributed by atoms with Gasteiger partial charge in [-0.3, -0.25) is 4.98 Å².